The van der Waals surface area contributed by atoms with Gasteiger partial charge in [-0.2, -0.15) is 0 Å². The lowest BCUT2D eigenvalue weighted by Gasteiger charge is -2.70. The second-order valence-corrected chi connectivity index (χ2v) is 19.9. The number of aliphatic hydroxyl groups is 3. The molecule has 12 heteroatoms. The van der Waals surface area contributed by atoms with Gasteiger partial charge in [0, 0.05) is 82.5 Å². The van der Waals surface area contributed by atoms with Crippen molar-refractivity contribution in [3.63, 3.8) is 0 Å². The molecule has 1 heterocycles. The number of nitrogens with zero attached hydrogens (tertiary/aromatic N) is 1. The number of ether oxygens (including phenoxy) is 6. The van der Waals surface area contributed by atoms with E-state index in [4.69, 9.17) is 28.4 Å². The predicted octanol–water partition coefficient (Wildman–Crippen LogP) is 6.83. The summed E-state index contributed by atoms with van der Waals surface area (Å²) < 4.78 is 38.5. The molecule has 1 saturated heterocycles. The highest BCUT2D eigenvalue weighted by atomic mass is 16.6. The van der Waals surface area contributed by atoms with E-state index in [1.165, 1.54) is 45.6 Å². The van der Waals surface area contributed by atoms with Gasteiger partial charge in [-0.15, -0.1) is 0 Å². The molecule has 1 unspecified atom stereocenters. The number of allylic oxidation sites excluding steroid dienone is 4. The molecule has 1 aromatic carbocycles. The largest absolute Gasteiger partial charge is 0.455 e. The van der Waals surface area contributed by atoms with Crippen LogP contribution in [0.4, 0.5) is 0 Å². The monoisotopic (exact) mass is 880 g/mol. The van der Waals surface area contributed by atoms with Crippen molar-refractivity contribution in [2.45, 2.75) is 164 Å². The molecule has 1 aliphatic heterocycles. The van der Waals surface area contributed by atoms with Crippen LogP contribution >= 0.6 is 0 Å². The Hall–Kier alpha value is -2.68. The zero-order valence-corrected chi connectivity index (χ0v) is 38.8. The Morgan fingerprint density at radius 2 is 1.48 bits per heavy atom. The van der Waals surface area contributed by atoms with Crippen LogP contribution in [0.5, 0.6) is 0 Å². The van der Waals surface area contributed by atoms with E-state index in [-0.39, 0.29) is 25.5 Å². The molecule has 5 saturated carbocycles. The van der Waals surface area contributed by atoms with Crippen molar-refractivity contribution in [3.8, 4) is 0 Å². The second-order valence-electron chi connectivity index (χ2n) is 19.9. The number of fused-ring (bicyclic) bond motifs is 2. The van der Waals surface area contributed by atoms with Crippen LogP contribution in [0.1, 0.15) is 120 Å². The SMILES string of the molecule is CCCCCCCC/C=C\C=C/CCCCCCCC(=O)O[C@]12[C@H]3[C@@H](OC(=O)c4ccccc4)[C@@](O)(C[C@H]3[C@@]34[C@@H](OC)CC(O)[C@@]5(COC)CN(C)[C@@H]3[C@@H]1[C@H](OC)[C@H]54)[C@@H](OC)[C@@H]2O. The van der Waals surface area contributed by atoms with E-state index in [1.54, 1.807) is 45.6 Å². The van der Waals surface area contributed by atoms with Crippen molar-refractivity contribution < 1.29 is 53.3 Å². The van der Waals surface area contributed by atoms with Gasteiger partial charge in [0.2, 0.25) is 0 Å². The summed E-state index contributed by atoms with van der Waals surface area (Å²) in [5.41, 5.74) is -4.87. The first-order valence-corrected chi connectivity index (χ1v) is 24.1. The fraction of sp³-hybridized carbons (Fsp3) is 0.765. The number of unbranched alkanes of at least 4 members (excludes halogenated alkanes) is 11. The van der Waals surface area contributed by atoms with Crippen molar-refractivity contribution in [3.05, 3.63) is 60.2 Å². The standard InChI is InChI=1S/C51H77NO11/c1-7-8-9-10-11-12-13-14-15-16-17-18-19-20-21-22-26-29-38(54)63-51-39-35(31-49(57,46(61-6)44(51)55)45(39)62-47(56)34-27-24-23-25-28-34)50-37(59-4)30-36(53)48(33-58-3)32-52(2)43(50)40(51)41(60-5)42(48)50/h14-17,23-25,27-28,35-37,39-46,53,55,57H,7-13,18-22,26,29-33H2,1-6H3/b15-14-,17-16-/t35-,36?,37+,39-,40+,41+,42-,43-,44+,45-,46+,48+,49+,50+,51-/m1/s1. The second kappa shape index (κ2) is 20.5. The maximum Gasteiger partial charge on any atom is 0.338 e. The number of hydrogen-bond acceptors (Lipinski definition) is 12. The van der Waals surface area contributed by atoms with Gasteiger partial charge < -0.3 is 48.6 Å². The number of piperidine rings is 1. The lowest BCUT2D eigenvalue weighted by atomic mass is 9.42. The Morgan fingerprint density at radius 1 is 0.825 bits per heavy atom. The molecule has 3 N–H and O–H groups in total. The number of hydrogen-bond donors (Lipinski definition) is 3. The average Bonchev–Trinajstić information content (AvgIpc) is 3.67. The van der Waals surface area contributed by atoms with Gasteiger partial charge in [-0.25, -0.2) is 4.79 Å². The number of esters is 2. The van der Waals surface area contributed by atoms with Crippen LogP contribution in [0.2, 0.25) is 0 Å². The Morgan fingerprint density at radius 3 is 2.10 bits per heavy atom. The first kappa shape index (κ1) is 48.3. The Bertz CT molecular complexity index is 1740. The molecule has 352 valence electrons. The van der Waals surface area contributed by atoms with Gasteiger partial charge in [-0.3, -0.25) is 4.79 Å². The minimum absolute atomic E-state index is 0.0763. The lowest BCUT2D eigenvalue weighted by Crippen LogP contribution is -2.81. The highest BCUT2D eigenvalue weighted by Gasteiger charge is 2.92. The maximum atomic E-state index is 14.5. The lowest BCUT2D eigenvalue weighted by molar-refractivity contribution is -0.321. The van der Waals surface area contributed by atoms with E-state index in [0.717, 1.165) is 38.5 Å². The molecule has 6 aliphatic rings. The van der Waals surface area contributed by atoms with Crippen molar-refractivity contribution in [1.29, 1.82) is 0 Å². The molecule has 0 amide bonds. The van der Waals surface area contributed by atoms with Crippen LogP contribution in [0.15, 0.2) is 54.6 Å². The Kier molecular flexibility index (Phi) is 15.7. The fourth-order valence-corrected chi connectivity index (χ4v) is 14.7. The first-order chi connectivity index (χ1) is 30.5. The minimum Gasteiger partial charge on any atom is -0.455 e. The van der Waals surface area contributed by atoms with E-state index in [1.807, 2.05) is 13.1 Å². The third-order valence-electron chi connectivity index (χ3n) is 16.7. The summed E-state index contributed by atoms with van der Waals surface area (Å²) in [4.78, 5) is 30.8. The first-order valence-electron chi connectivity index (χ1n) is 24.1. The highest BCUT2D eigenvalue weighted by molar-refractivity contribution is 5.89. The summed E-state index contributed by atoms with van der Waals surface area (Å²) in [5.74, 6) is -3.55. The zero-order valence-electron chi connectivity index (χ0n) is 38.8. The summed E-state index contributed by atoms with van der Waals surface area (Å²) in [6.07, 6.45) is 18.0. The van der Waals surface area contributed by atoms with Crippen molar-refractivity contribution in [1.82, 2.24) is 4.90 Å². The van der Waals surface area contributed by atoms with Crippen molar-refractivity contribution in [2.24, 2.45) is 34.5 Å². The molecule has 0 aromatic heterocycles. The Balaban J connectivity index is 1.13. The maximum absolute atomic E-state index is 14.5. The number of carbonyl (C=O) groups is 2. The number of methoxy groups -OCH3 is 4. The molecule has 6 fully saturated rings. The van der Waals surface area contributed by atoms with Crippen LogP contribution < -0.4 is 0 Å². The molecule has 15 atom stereocenters. The number of aliphatic hydroxyl groups excluding tert-OH is 2. The van der Waals surface area contributed by atoms with Crippen LogP contribution in [0.25, 0.3) is 0 Å². The normalized spacial score (nSPS) is 39.9. The summed E-state index contributed by atoms with van der Waals surface area (Å²) in [6.45, 7) is 2.95. The Labute approximate surface area is 376 Å². The van der Waals surface area contributed by atoms with Crippen molar-refractivity contribution in [2.75, 3.05) is 48.6 Å². The van der Waals surface area contributed by atoms with Gasteiger partial charge in [0.25, 0.3) is 0 Å². The van der Waals surface area contributed by atoms with Gasteiger partial charge in [0.15, 0.2) is 5.60 Å². The molecule has 7 rings (SSSR count). The number of benzene rings is 1. The van der Waals surface area contributed by atoms with Gasteiger partial charge in [0.1, 0.15) is 23.9 Å². The van der Waals surface area contributed by atoms with E-state index >= 15 is 0 Å². The number of carbonyl (C=O) groups excluding carboxylic acids is 2. The molecule has 63 heavy (non-hydrogen) atoms. The summed E-state index contributed by atoms with van der Waals surface area (Å²) in [6, 6.07) is 8.26. The third kappa shape index (κ3) is 8.08. The summed E-state index contributed by atoms with van der Waals surface area (Å²) >= 11 is 0. The molecule has 1 spiro atoms. The van der Waals surface area contributed by atoms with Gasteiger partial charge in [-0.1, -0.05) is 101 Å². The van der Waals surface area contributed by atoms with Crippen molar-refractivity contribution >= 4 is 11.9 Å². The highest BCUT2D eigenvalue weighted by Crippen LogP contribution is 2.80. The van der Waals surface area contributed by atoms with Crippen LogP contribution in [0.3, 0.4) is 0 Å². The molecular weight excluding hydrogens is 803 g/mol. The smallest absolute Gasteiger partial charge is 0.338 e. The fourth-order valence-electron chi connectivity index (χ4n) is 14.7. The molecule has 7 bridgehead atoms. The molecule has 0 radical (unpaired) electrons. The minimum atomic E-state index is -1.85. The van der Waals surface area contributed by atoms with Crippen LogP contribution in [-0.4, -0.2) is 135 Å². The average molecular weight is 880 g/mol. The quantitative estimate of drug-likeness (QED) is 0.0567. The number of likely N-dealkylation sites (tertiary alicyclic amines) is 1. The molecular formula is C51H77NO11. The molecule has 1 aromatic rings. The third-order valence-corrected chi connectivity index (χ3v) is 16.7. The van der Waals surface area contributed by atoms with E-state index in [9.17, 15) is 24.9 Å². The molecule has 5 aliphatic carbocycles. The summed E-state index contributed by atoms with van der Waals surface area (Å²) in [5, 5.41) is 38.2. The van der Waals surface area contributed by atoms with Crippen LogP contribution in [-0.2, 0) is 33.2 Å². The van der Waals surface area contributed by atoms with Gasteiger partial charge in [0.05, 0.1) is 30.5 Å². The van der Waals surface area contributed by atoms with E-state index < -0.39 is 94.3 Å². The van der Waals surface area contributed by atoms with E-state index in [2.05, 4.69) is 36.1 Å². The number of rotatable bonds is 24. The predicted molar refractivity (Wildman–Crippen MR) is 239 cm³/mol. The van der Waals surface area contributed by atoms with Gasteiger partial charge >= 0.3 is 11.9 Å². The molecule has 12 nitrogen and oxygen atoms in total. The van der Waals surface area contributed by atoms with Crippen LogP contribution in [0, 0.1) is 34.5 Å². The van der Waals surface area contributed by atoms with E-state index in [0.29, 0.717) is 24.9 Å². The topological polar surface area (TPSA) is 153 Å². The summed E-state index contributed by atoms with van der Waals surface area (Å²) in [7, 11) is 8.38. The van der Waals surface area contributed by atoms with Gasteiger partial charge in [-0.05, 0) is 63.6 Å². The zero-order chi connectivity index (χ0) is 45.0.